The molecule has 1 aromatic heterocycles. The molecule has 0 bridgehead atoms. The minimum absolute atomic E-state index is 0.233. The minimum atomic E-state index is -3.49. The number of benzene rings is 2. The fraction of sp³-hybridized carbons (Fsp3) is 0.118. The molecule has 136 valence electrons. The smallest absolute Gasteiger partial charge is 0.272 e. The van der Waals surface area contributed by atoms with Gasteiger partial charge in [0.05, 0.1) is 19.1 Å². The molecule has 1 heterocycles. The summed E-state index contributed by atoms with van der Waals surface area (Å²) in [6.07, 6.45) is 1.04. The van der Waals surface area contributed by atoms with Gasteiger partial charge in [0.1, 0.15) is 11.4 Å². The summed E-state index contributed by atoms with van der Waals surface area (Å²) in [5, 5.41) is 4.11. The van der Waals surface area contributed by atoms with Crippen LogP contribution in [0.5, 0.6) is 5.75 Å². The van der Waals surface area contributed by atoms with E-state index in [1.807, 2.05) is 0 Å². The van der Waals surface area contributed by atoms with E-state index >= 15 is 0 Å². The average Bonchev–Trinajstić information content (AvgIpc) is 2.97. The molecule has 3 rings (SSSR count). The lowest BCUT2D eigenvalue weighted by Gasteiger charge is -2.12. The molecule has 0 spiro atoms. The van der Waals surface area contributed by atoms with Crippen molar-refractivity contribution in [1.29, 1.82) is 0 Å². The van der Waals surface area contributed by atoms with E-state index in [4.69, 9.17) is 16.3 Å². The number of sulfonamides is 1. The van der Waals surface area contributed by atoms with Crippen molar-refractivity contribution in [2.75, 3.05) is 23.4 Å². The first-order valence-corrected chi connectivity index (χ1v) is 9.77. The van der Waals surface area contributed by atoms with Crippen molar-refractivity contribution in [1.82, 2.24) is 4.98 Å². The number of methoxy groups -OCH3 is 1. The minimum Gasteiger partial charge on any atom is -0.495 e. The Bertz CT molecular complexity index is 1090. The van der Waals surface area contributed by atoms with Crippen LogP contribution in [0.2, 0.25) is 5.02 Å². The van der Waals surface area contributed by atoms with E-state index in [1.165, 1.54) is 13.2 Å². The van der Waals surface area contributed by atoms with Gasteiger partial charge in [0, 0.05) is 21.6 Å². The van der Waals surface area contributed by atoms with Gasteiger partial charge in [-0.2, -0.15) is 0 Å². The Morgan fingerprint density at radius 2 is 1.92 bits per heavy atom. The number of carbonyl (C=O) groups is 1. The topological polar surface area (TPSA) is 100 Å². The van der Waals surface area contributed by atoms with Crippen LogP contribution < -0.4 is 14.8 Å². The van der Waals surface area contributed by atoms with Crippen molar-refractivity contribution in [2.45, 2.75) is 0 Å². The van der Waals surface area contributed by atoms with E-state index < -0.39 is 10.0 Å². The zero-order chi connectivity index (χ0) is 18.9. The largest absolute Gasteiger partial charge is 0.495 e. The summed E-state index contributed by atoms with van der Waals surface area (Å²) < 4.78 is 30.4. The third kappa shape index (κ3) is 4.09. The summed E-state index contributed by atoms with van der Waals surface area (Å²) in [5.41, 5.74) is 1.79. The molecule has 0 unspecified atom stereocenters. The summed E-state index contributed by atoms with van der Waals surface area (Å²) in [5.74, 6) is -0.0264. The maximum absolute atomic E-state index is 12.5. The second kappa shape index (κ2) is 6.89. The Hall–Kier alpha value is -2.71. The predicted octanol–water partition coefficient (Wildman–Crippen LogP) is 3.45. The van der Waals surface area contributed by atoms with Crippen molar-refractivity contribution < 1.29 is 17.9 Å². The van der Waals surface area contributed by atoms with Crippen LogP contribution >= 0.6 is 11.6 Å². The fourth-order valence-corrected chi connectivity index (χ4v) is 3.23. The van der Waals surface area contributed by atoms with Crippen LogP contribution in [0, 0.1) is 0 Å². The molecule has 2 aromatic carbocycles. The van der Waals surface area contributed by atoms with Crippen LogP contribution in [0.15, 0.2) is 42.5 Å². The Balaban J connectivity index is 1.87. The second-order valence-electron chi connectivity index (χ2n) is 5.66. The molecule has 9 heteroatoms. The van der Waals surface area contributed by atoms with Gasteiger partial charge in [0.2, 0.25) is 10.0 Å². The Kier molecular flexibility index (Phi) is 4.80. The number of carbonyl (C=O) groups excluding carboxylic acids is 1. The van der Waals surface area contributed by atoms with Crippen molar-refractivity contribution in [3.05, 3.63) is 53.2 Å². The average molecular weight is 394 g/mol. The quantitative estimate of drug-likeness (QED) is 0.618. The highest BCUT2D eigenvalue weighted by Crippen LogP contribution is 2.29. The fourth-order valence-electron chi connectivity index (χ4n) is 2.49. The molecule has 1 amide bonds. The number of nitrogens with one attached hydrogen (secondary N) is 3. The van der Waals surface area contributed by atoms with Crippen LogP contribution in [0.1, 0.15) is 10.5 Å². The molecule has 0 fully saturated rings. The molecule has 0 aliphatic rings. The molecular weight excluding hydrogens is 378 g/mol. The molecule has 3 aromatic rings. The number of anilines is 2. The predicted molar refractivity (Wildman–Crippen MR) is 103 cm³/mol. The van der Waals surface area contributed by atoms with Crippen molar-refractivity contribution in [3.8, 4) is 5.75 Å². The second-order valence-corrected chi connectivity index (χ2v) is 7.84. The number of halogens is 1. The first-order valence-electron chi connectivity index (χ1n) is 7.50. The molecule has 0 saturated carbocycles. The Morgan fingerprint density at radius 1 is 1.15 bits per heavy atom. The van der Waals surface area contributed by atoms with Gasteiger partial charge in [0.15, 0.2) is 0 Å². The number of aromatic nitrogens is 1. The molecule has 0 atom stereocenters. The number of H-pyrrole nitrogens is 1. The summed E-state index contributed by atoms with van der Waals surface area (Å²) >= 11 is 5.95. The van der Waals surface area contributed by atoms with E-state index in [0.29, 0.717) is 22.2 Å². The molecular formula is C17H16ClN3O4S. The van der Waals surface area contributed by atoms with E-state index in [2.05, 4.69) is 15.0 Å². The third-order valence-electron chi connectivity index (χ3n) is 3.58. The van der Waals surface area contributed by atoms with Gasteiger partial charge in [-0.1, -0.05) is 11.6 Å². The maximum Gasteiger partial charge on any atom is 0.272 e. The van der Waals surface area contributed by atoms with E-state index in [-0.39, 0.29) is 11.6 Å². The van der Waals surface area contributed by atoms with Gasteiger partial charge in [-0.05, 0) is 42.5 Å². The van der Waals surface area contributed by atoms with Crippen LogP contribution in [0.4, 0.5) is 11.4 Å². The van der Waals surface area contributed by atoms with Crippen molar-refractivity contribution in [2.24, 2.45) is 0 Å². The Labute approximate surface area is 155 Å². The SMILES string of the molecule is COc1ccc(NC(=O)c2cc3cc(Cl)ccc3[nH]2)cc1NS(C)(=O)=O. The number of hydrogen-bond acceptors (Lipinski definition) is 4. The third-order valence-corrected chi connectivity index (χ3v) is 4.41. The standard InChI is InChI=1S/C17H16ClN3O4S/c1-25-16-6-4-12(9-14(16)21-26(2,23)24)19-17(22)15-8-10-7-11(18)3-5-13(10)20-15/h3-9,20-21H,1-2H3,(H,19,22). The molecule has 0 radical (unpaired) electrons. The number of amides is 1. The summed E-state index contributed by atoms with van der Waals surface area (Å²) in [6, 6.07) is 11.6. The summed E-state index contributed by atoms with van der Waals surface area (Å²) in [6.45, 7) is 0. The van der Waals surface area contributed by atoms with Crippen molar-refractivity contribution in [3.63, 3.8) is 0 Å². The lowest BCUT2D eigenvalue weighted by atomic mass is 10.2. The number of ether oxygens (including phenoxy) is 1. The zero-order valence-corrected chi connectivity index (χ0v) is 15.5. The molecule has 0 saturated heterocycles. The number of fused-ring (bicyclic) bond motifs is 1. The van der Waals surface area contributed by atoms with Crippen LogP contribution in [-0.4, -0.2) is 32.7 Å². The lowest BCUT2D eigenvalue weighted by molar-refractivity contribution is 0.102. The Morgan fingerprint density at radius 3 is 2.62 bits per heavy atom. The normalized spacial score (nSPS) is 11.3. The summed E-state index contributed by atoms with van der Waals surface area (Å²) in [4.78, 5) is 15.5. The number of aromatic amines is 1. The van der Waals surface area contributed by atoms with Gasteiger partial charge in [-0.15, -0.1) is 0 Å². The maximum atomic E-state index is 12.5. The van der Waals surface area contributed by atoms with Gasteiger partial charge < -0.3 is 15.0 Å². The van der Waals surface area contributed by atoms with E-state index in [1.54, 1.807) is 36.4 Å². The molecule has 26 heavy (non-hydrogen) atoms. The highest BCUT2D eigenvalue weighted by atomic mass is 35.5. The highest BCUT2D eigenvalue weighted by molar-refractivity contribution is 7.92. The zero-order valence-electron chi connectivity index (χ0n) is 14.0. The van der Waals surface area contributed by atoms with Crippen LogP contribution in [0.3, 0.4) is 0 Å². The molecule has 0 aliphatic carbocycles. The number of rotatable bonds is 5. The monoisotopic (exact) mass is 393 g/mol. The molecule has 0 aliphatic heterocycles. The lowest BCUT2D eigenvalue weighted by Crippen LogP contribution is -2.14. The van der Waals surface area contributed by atoms with Gasteiger partial charge >= 0.3 is 0 Å². The summed E-state index contributed by atoms with van der Waals surface area (Å²) in [7, 11) is -2.06. The highest BCUT2D eigenvalue weighted by Gasteiger charge is 2.13. The van der Waals surface area contributed by atoms with Crippen LogP contribution in [0.25, 0.3) is 10.9 Å². The van der Waals surface area contributed by atoms with Crippen molar-refractivity contribution >= 4 is 49.8 Å². The van der Waals surface area contributed by atoms with Gasteiger partial charge in [0.25, 0.3) is 5.91 Å². The first-order chi connectivity index (χ1) is 12.2. The van der Waals surface area contributed by atoms with Gasteiger partial charge in [-0.25, -0.2) is 8.42 Å². The number of hydrogen-bond donors (Lipinski definition) is 3. The van der Waals surface area contributed by atoms with Gasteiger partial charge in [-0.3, -0.25) is 9.52 Å². The van der Waals surface area contributed by atoms with E-state index in [0.717, 1.165) is 17.2 Å². The van der Waals surface area contributed by atoms with Crippen LogP contribution in [-0.2, 0) is 10.0 Å². The molecule has 3 N–H and O–H groups in total. The van der Waals surface area contributed by atoms with E-state index in [9.17, 15) is 13.2 Å². The molecule has 7 nitrogen and oxygen atoms in total. The first kappa shape index (κ1) is 18.1.